The highest BCUT2D eigenvalue weighted by Crippen LogP contribution is 2.69. The van der Waals surface area contributed by atoms with E-state index in [1.807, 2.05) is 6.92 Å². The summed E-state index contributed by atoms with van der Waals surface area (Å²) in [6.45, 7) is 11.8. The van der Waals surface area contributed by atoms with Crippen LogP contribution < -0.4 is 0 Å². The van der Waals surface area contributed by atoms with Gasteiger partial charge < -0.3 is 10.2 Å². The largest absolute Gasteiger partial charge is 0.392 e. The van der Waals surface area contributed by atoms with Crippen molar-refractivity contribution in [3.63, 3.8) is 0 Å². The summed E-state index contributed by atoms with van der Waals surface area (Å²) in [4.78, 5) is 0. The number of fused-ring (bicyclic) bond motifs is 5. The number of hydrogen-bond acceptors (Lipinski definition) is 3. The molecule has 0 bridgehead atoms. The van der Waals surface area contributed by atoms with Gasteiger partial charge in [0.2, 0.25) is 0 Å². The molecule has 0 aromatic heterocycles. The van der Waals surface area contributed by atoms with E-state index in [1.165, 1.54) is 44.9 Å². The summed E-state index contributed by atoms with van der Waals surface area (Å²) in [5, 5.41) is 30.8. The van der Waals surface area contributed by atoms with E-state index < -0.39 is 11.7 Å². The molecule has 0 saturated heterocycles. The quantitative estimate of drug-likeness (QED) is 0.428. The highest BCUT2D eigenvalue weighted by atomic mass is 16.3. The lowest BCUT2D eigenvalue weighted by Gasteiger charge is -2.62. The van der Waals surface area contributed by atoms with Crippen molar-refractivity contribution in [1.29, 1.82) is 5.26 Å². The van der Waals surface area contributed by atoms with E-state index in [-0.39, 0.29) is 5.92 Å². The van der Waals surface area contributed by atoms with E-state index in [9.17, 15) is 15.5 Å². The van der Waals surface area contributed by atoms with Gasteiger partial charge in [-0.2, -0.15) is 5.26 Å². The highest BCUT2D eigenvalue weighted by molar-refractivity contribution is 5.11. The van der Waals surface area contributed by atoms with Crippen molar-refractivity contribution in [2.24, 2.45) is 52.3 Å². The lowest BCUT2D eigenvalue weighted by molar-refractivity contribution is -0.152. The van der Waals surface area contributed by atoms with Crippen molar-refractivity contribution in [3.8, 4) is 6.07 Å². The second-order valence-electron chi connectivity index (χ2n) is 13.4. The molecule has 0 spiro atoms. The average Bonchev–Trinajstić information content (AvgIpc) is 3.16. The summed E-state index contributed by atoms with van der Waals surface area (Å²) in [5.74, 6) is 4.49. The Balaban J connectivity index is 1.43. The van der Waals surface area contributed by atoms with E-state index in [1.54, 1.807) is 0 Å². The molecular weight excluding hydrogens is 406 g/mol. The minimum atomic E-state index is -0.466. The summed E-state index contributed by atoms with van der Waals surface area (Å²) >= 11 is 0. The van der Waals surface area contributed by atoms with Crippen LogP contribution in [0.2, 0.25) is 0 Å². The van der Waals surface area contributed by atoms with Crippen LogP contribution in [0.25, 0.3) is 0 Å². The molecule has 0 aromatic carbocycles. The van der Waals surface area contributed by atoms with Gasteiger partial charge in [-0.25, -0.2) is 0 Å². The molecule has 4 aliphatic carbocycles. The van der Waals surface area contributed by atoms with E-state index in [4.69, 9.17) is 0 Å². The first-order valence-corrected chi connectivity index (χ1v) is 14.4. The van der Waals surface area contributed by atoms with Crippen LogP contribution in [0.3, 0.4) is 0 Å². The van der Waals surface area contributed by atoms with E-state index in [0.29, 0.717) is 22.7 Å². The van der Waals surface area contributed by atoms with Gasteiger partial charge in [0.25, 0.3) is 0 Å². The Bertz CT molecular complexity index is 731. The minimum Gasteiger partial charge on any atom is -0.392 e. The third kappa shape index (κ3) is 4.31. The Morgan fingerprint density at radius 3 is 2.33 bits per heavy atom. The van der Waals surface area contributed by atoms with Gasteiger partial charge in [0, 0.05) is 0 Å². The molecule has 4 saturated carbocycles. The molecule has 3 heteroatoms. The maximum absolute atomic E-state index is 11.0. The standard InChI is InChI=1S/C30H51NO2/c1-6-21(19-31)27(32)13-8-20(3)24-11-12-25-23-10-9-22-18-30(33,7-2)17-16-28(22,4)26(23)14-15-29(24,25)5/h20-27,32-33H,6-18H2,1-5H3/t20-,21-,22+,23?,24-,25+,26+,27-,28+,29-,30+/m1/s1. The lowest BCUT2D eigenvalue weighted by Crippen LogP contribution is -2.56. The van der Waals surface area contributed by atoms with Gasteiger partial charge in [-0.05, 0) is 130 Å². The van der Waals surface area contributed by atoms with Crippen LogP contribution in [0.5, 0.6) is 0 Å². The molecule has 0 amide bonds. The molecule has 0 heterocycles. The summed E-state index contributed by atoms with van der Waals surface area (Å²) in [5.41, 5.74) is 0.486. The van der Waals surface area contributed by atoms with Crippen LogP contribution >= 0.6 is 0 Å². The molecular formula is C30H51NO2. The van der Waals surface area contributed by atoms with Crippen molar-refractivity contribution in [1.82, 2.24) is 0 Å². The number of aliphatic hydroxyl groups excluding tert-OH is 1. The Morgan fingerprint density at radius 2 is 1.67 bits per heavy atom. The van der Waals surface area contributed by atoms with E-state index >= 15 is 0 Å². The van der Waals surface area contributed by atoms with E-state index in [2.05, 4.69) is 33.8 Å². The summed E-state index contributed by atoms with van der Waals surface area (Å²) in [6.07, 6.45) is 14.5. The number of hydrogen-bond donors (Lipinski definition) is 2. The first-order chi connectivity index (χ1) is 15.6. The van der Waals surface area contributed by atoms with E-state index in [0.717, 1.165) is 62.2 Å². The predicted molar refractivity (Wildman–Crippen MR) is 134 cm³/mol. The maximum atomic E-state index is 11.0. The number of nitrogens with zero attached hydrogens (tertiary/aromatic N) is 1. The SMILES string of the molecule is CC[C@H](C#N)[C@H](O)CC[C@@H](C)[C@H]1CC[C@H]2C3CC[C@H]4C[C@](O)(CC)CC[C@]4(C)[C@H]3CC[C@]12C. The summed E-state index contributed by atoms with van der Waals surface area (Å²) < 4.78 is 0. The zero-order valence-electron chi connectivity index (χ0n) is 22.2. The molecule has 0 radical (unpaired) electrons. The Labute approximate surface area is 203 Å². The second kappa shape index (κ2) is 9.46. The second-order valence-corrected chi connectivity index (χ2v) is 13.4. The molecule has 4 fully saturated rings. The molecule has 4 aliphatic rings. The summed E-state index contributed by atoms with van der Waals surface area (Å²) in [6, 6.07) is 2.30. The third-order valence-corrected chi connectivity index (χ3v) is 12.2. The zero-order chi connectivity index (χ0) is 24.0. The fourth-order valence-electron chi connectivity index (χ4n) is 9.90. The number of aliphatic hydroxyl groups is 2. The van der Waals surface area contributed by atoms with Gasteiger partial charge in [0.1, 0.15) is 0 Å². The van der Waals surface area contributed by atoms with Gasteiger partial charge in [-0.15, -0.1) is 0 Å². The van der Waals surface area contributed by atoms with Gasteiger partial charge >= 0.3 is 0 Å². The third-order valence-electron chi connectivity index (χ3n) is 12.2. The van der Waals surface area contributed by atoms with Crippen LogP contribution in [0, 0.1) is 63.6 Å². The van der Waals surface area contributed by atoms with Gasteiger partial charge in [0.05, 0.1) is 23.7 Å². The van der Waals surface area contributed by atoms with Gasteiger partial charge in [-0.1, -0.05) is 34.6 Å². The summed E-state index contributed by atoms with van der Waals surface area (Å²) in [7, 11) is 0. The number of rotatable bonds is 7. The Hall–Kier alpha value is -0.590. The molecule has 188 valence electrons. The monoisotopic (exact) mass is 457 g/mol. The van der Waals surface area contributed by atoms with Crippen molar-refractivity contribution in [3.05, 3.63) is 0 Å². The zero-order valence-corrected chi connectivity index (χ0v) is 22.2. The normalized spacial score (nSPS) is 47.5. The smallest absolute Gasteiger partial charge is 0.0720 e. The Kier molecular flexibility index (Phi) is 7.31. The topological polar surface area (TPSA) is 64.2 Å². The van der Waals surface area contributed by atoms with Crippen LogP contribution in [0.4, 0.5) is 0 Å². The predicted octanol–water partition coefficient (Wildman–Crippen LogP) is 7.11. The molecule has 1 unspecified atom stereocenters. The fraction of sp³-hybridized carbons (Fsp3) is 0.967. The molecule has 2 N–H and O–H groups in total. The molecule has 3 nitrogen and oxygen atoms in total. The number of nitriles is 1. The average molecular weight is 458 g/mol. The maximum Gasteiger partial charge on any atom is 0.0720 e. The fourth-order valence-corrected chi connectivity index (χ4v) is 9.90. The van der Waals surface area contributed by atoms with Crippen molar-refractivity contribution < 1.29 is 10.2 Å². The van der Waals surface area contributed by atoms with Gasteiger partial charge in [0.15, 0.2) is 0 Å². The molecule has 11 atom stereocenters. The Morgan fingerprint density at radius 1 is 0.939 bits per heavy atom. The first-order valence-electron chi connectivity index (χ1n) is 14.4. The van der Waals surface area contributed by atoms with Crippen molar-refractivity contribution in [2.45, 2.75) is 130 Å². The van der Waals surface area contributed by atoms with Gasteiger partial charge in [-0.3, -0.25) is 0 Å². The van der Waals surface area contributed by atoms with Crippen LogP contribution in [0.15, 0.2) is 0 Å². The van der Waals surface area contributed by atoms with Crippen LogP contribution in [0.1, 0.15) is 118 Å². The van der Waals surface area contributed by atoms with Crippen molar-refractivity contribution >= 4 is 0 Å². The first kappa shape index (κ1) is 25.5. The van der Waals surface area contributed by atoms with Crippen molar-refractivity contribution in [2.75, 3.05) is 0 Å². The lowest BCUT2D eigenvalue weighted by atomic mass is 9.43. The molecule has 0 aromatic rings. The molecule has 0 aliphatic heterocycles. The van der Waals surface area contributed by atoms with Crippen LogP contribution in [-0.4, -0.2) is 21.9 Å². The molecule has 4 rings (SSSR count). The highest BCUT2D eigenvalue weighted by Gasteiger charge is 2.61. The minimum absolute atomic E-state index is 0.212. The van der Waals surface area contributed by atoms with Crippen LogP contribution in [-0.2, 0) is 0 Å². The molecule has 33 heavy (non-hydrogen) atoms.